The van der Waals surface area contributed by atoms with Crippen molar-refractivity contribution in [1.29, 1.82) is 0 Å². The van der Waals surface area contributed by atoms with Crippen molar-refractivity contribution in [3.05, 3.63) is 63.8 Å². The quantitative estimate of drug-likeness (QED) is 0.452. The summed E-state index contributed by atoms with van der Waals surface area (Å²) < 4.78 is 13.5. The number of carbonyl (C=O) groups is 1. The van der Waals surface area contributed by atoms with Gasteiger partial charge in [0.05, 0.1) is 32.0 Å². The Hall–Kier alpha value is -2.71. The average molecular weight is 545 g/mol. The number of aryl methyl sites for hydroxylation is 2. The summed E-state index contributed by atoms with van der Waals surface area (Å²) in [6, 6.07) is 11.0. The lowest BCUT2D eigenvalue weighted by molar-refractivity contribution is 0.0364. The van der Waals surface area contributed by atoms with E-state index in [2.05, 4.69) is 77.7 Å². The number of hydrogen-bond acceptors (Lipinski definition) is 6. The zero-order valence-electron chi connectivity index (χ0n) is 24.6. The van der Waals surface area contributed by atoms with Gasteiger partial charge in [-0.15, -0.1) is 0 Å². The van der Waals surface area contributed by atoms with E-state index in [0.717, 1.165) is 119 Å². The normalized spacial score (nSPS) is 19.6. The number of nitrogens with zero attached hydrogens (tertiary/aromatic N) is 3. The van der Waals surface area contributed by atoms with Crippen LogP contribution in [0.25, 0.3) is 10.9 Å². The van der Waals surface area contributed by atoms with Crippen LogP contribution >= 0.6 is 0 Å². The minimum Gasteiger partial charge on any atom is -0.384 e. The number of benzene rings is 2. The van der Waals surface area contributed by atoms with E-state index in [1.165, 1.54) is 16.6 Å². The van der Waals surface area contributed by atoms with Crippen molar-refractivity contribution in [2.75, 3.05) is 77.6 Å². The van der Waals surface area contributed by atoms with Crippen LogP contribution < -0.4 is 5.32 Å². The van der Waals surface area contributed by atoms with Crippen LogP contribution in [0.1, 0.15) is 59.1 Å². The summed E-state index contributed by atoms with van der Waals surface area (Å²) in [6.07, 6.45) is 0.883. The van der Waals surface area contributed by atoms with E-state index >= 15 is 0 Å². The number of nitrogens with one attached hydrogen (secondary N) is 1. The number of ether oxygens (including phenoxy) is 2. The van der Waals surface area contributed by atoms with Crippen molar-refractivity contribution in [2.24, 2.45) is 0 Å². The molecule has 0 amide bonds. The van der Waals surface area contributed by atoms with Crippen LogP contribution in [0.2, 0.25) is 0 Å². The first-order valence-corrected chi connectivity index (χ1v) is 15.1. The molecule has 0 unspecified atom stereocenters. The first-order chi connectivity index (χ1) is 19.4. The zero-order chi connectivity index (χ0) is 27.9. The van der Waals surface area contributed by atoms with Gasteiger partial charge in [-0.25, -0.2) is 0 Å². The molecule has 0 atom stereocenters. The van der Waals surface area contributed by atoms with Crippen LogP contribution in [0, 0.1) is 6.92 Å². The van der Waals surface area contributed by atoms with Crippen LogP contribution in [0.4, 0.5) is 5.69 Å². The Morgan fingerprint density at radius 1 is 0.900 bits per heavy atom. The highest BCUT2D eigenvalue weighted by molar-refractivity contribution is 6.20. The molecule has 0 bridgehead atoms. The molecule has 0 radical (unpaired) electrons. The standard InChI is InChI=1S/C33H44N4O3/c1-5-24-21-26-27(22-28(24)34-8-9-35-12-16-39-17-13-35)33(3,4)32-30(31(26)38)25-7-6-23(2)20-29(25)37(32)11-10-36-14-18-40-19-15-36/h6-7,20-22,34H,5,8-19H2,1-4H3. The summed E-state index contributed by atoms with van der Waals surface area (Å²) in [5, 5.41) is 4.82. The van der Waals surface area contributed by atoms with Crippen molar-refractivity contribution >= 4 is 22.4 Å². The molecule has 1 N–H and O–H groups in total. The minimum absolute atomic E-state index is 0.165. The maximum Gasteiger partial charge on any atom is 0.195 e. The van der Waals surface area contributed by atoms with Gasteiger partial charge in [0, 0.05) is 85.6 Å². The van der Waals surface area contributed by atoms with Crippen LogP contribution in [0.3, 0.4) is 0 Å². The molecular weight excluding hydrogens is 500 g/mol. The van der Waals surface area contributed by atoms with Crippen molar-refractivity contribution in [3.8, 4) is 0 Å². The average Bonchev–Trinajstić information content (AvgIpc) is 3.30. The third kappa shape index (κ3) is 4.98. The van der Waals surface area contributed by atoms with Crippen molar-refractivity contribution in [3.63, 3.8) is 0 Å². The first-order valence-electron chi connectivity index (χ1n) is 15.1. The van der Waals surface area contributed by atoms with Gasteiger partial charge in [0.25, 0.3) is 0 Å². The number of hydrogen-bond donors (Lipinski definition) is 1. The first kappa shape index (κ1) is 27.5. The fourth-order valence-corrected chi connectivity index (χ4v) is 6.88. The molecule has 214 valence electrons. The van der Waals surface area contributed by atoms with Gasteiger partial charge in [0.15, 0.2) is 5.78 Å². The lowest BCUT2D eigenvalue weighted by atomic mass is 9.70. The molecule has 2 saturated heterocycles. The Kier molecular flexibility index (Phi) is 7.75. The molecule has 2 aliphatic heterocycles. The molecular formula is C33H44N4O3. The minimum atomic E-state index is -0.316. The Bertz CT molecular complexity index is 1400. The van der Waals surface area contributed by atoms with Gasteiger partial charge < -0.3 is 19.4 Å². The number of anilines is 1. The van der Waals surface area contributed by atoms with Gasteiger partial charge in [-0.2, -0.15) is 0 Å². The topological polar surface area (TPSA) is 59.0 Å². The number of fused-ring (bicyclic) bond motifs is 4. The van der Waals surface area contributed by atoms with Crippen LogP contribution in [0.5, 0.6) is 0 Å². The molecule has 3 heterocycles. The lowest BCUT2D eigenvalue weighted by Gasteiger charge is -2.36. The summed E-state index contributed by atoms with van der Waals surface area (Å²) in [5.41, 5.74) is 8.48. The van der Waals surface area contributed by atoms with E-state index in [0.29, 0.717) is 0 Å². The molecule has 7 heteroatoms. The maximum atomic E-state index is 14.3. The summed E-state index contributed by atoms with van der Waals surface area (Å²) in [4.78, 5) is 19.3. The van der Waals surface area contributed by atoms with Gasteiger partial charge in [0.1, 0.15) is 0 Å². The van der Waals surface area contributed by atoms with E-state index in [9.17, 15) is 4.79 Å². The van der Waals surface area contributed by atoms with E-state index in [1.54, 1.807) is 0 Å². The Morgan fingerprint density at radius 2 is 1.57 bits per heavy atom. The molecule has 3 aliphatic rings. The smallest absolute Gasteiger partial charge is 0.195 e. The Morgan fingerprint density at radius 3 is 2.25 bits per heavy atom. The Labute approximate surface area is 238 Å². The predicted molar refractivity (Wildman–Crippen MR) is 161 cm³/mol. The Balaban J connectivity index is 1.38. The molecule has 1 aromatic heterocycles. The summed E-state index contributed by atoms with van der Waals surface area (Å²) in [5.74, 6) is 0.165. The van der Waals surface area contributed by atoms with Gasteiger partial charge in [-0.05, 0) is 48.2 Å². The largest absolute Gasteiger partial charge is 0.384 e. The van der Waals surface area contributed by atoms with Crippen LogP contribution in [0.15, 0.2) is 30.3 Å². The second-order valence-corrected chi connectivity index (χ2v) is 12.1. The molecule has 0 saturated carbocycles. The molecule has 2 aromatic carbocycles. The highest BCUT2D eigenvalue weighted by Crippen LogP contribution is 2.47. The molecule has 7 nitrogen and oxygen atoms in total. The van der Waals surface area contributed by atoms with Crippen molar-refractivity contribution < 1.29 is 14.3 Å². The fourth-order valence-electron chi connectivity index (χ4n) is 6.88. The van der Waals surface area contributed by atoms with Gasteiger partial charge in [0.2, 0.25) is 0 Å². The van der Waals surface area contributed by atoms with Crippen LogP contribution in [-0.2, 0) is 27.9 Å². The predicted octanol–water partition coefficient (Wildman–Crippen LogP) is 4.46. The second-order valence-electron chi connectivity index (χ2n) is 12.1. The zero-order valence-corrected chi connectivity index (χ0v) is 24.6. The fraction of sp³-hybridized carbons (Fsp3) is 0.545. The van der Waals surface area contributed by atoms with Crippen molar-refractivity contribution in [2.45, 2.75) is 46.1 Å². The van der Waals surface area contributed by atoms with Gasteiger partial charge >= 0.3 is 0 Å². The van der Waals surface area contributed by atoms with E-state index in [4.69, 9.17) is 9.47 Å². The van der Waals surface area contributed by atoms with Gasteiger partial charge in [-0.3, -0.25) is 14.6 Å². The molecule has 2 fully saturated rings. The highest BCUT2D eigenvalue weighted by atomic mass is 16.5. The van der Waals surface area contributed by atoms with E-state index in [1.807, 2.05) is 0 Å². The molecule has 40 heavy (non-hydrogen) atoms. The number of morpholine rings is 2. The summed E-state index contributed by atoms with van der Waals surface area (Å²) >= 11 is 0. The van der Waals surface area contributed by atoms with Crippen LogP contribution in [-0.4, -0.2) is 92.4 Å². The number of carbonyl (C=O) groups excluding carboxylic acids is 1. The second kappa shape index (κ2) is 11.3. The SMILES string of the molecule is CCc1cc2c(cc1NCCN1CCOCC1)C(C)(C)c1c(c3ccc(C)cc3n1CCN1CCOCC1)C2=O. The highest BCUT2D eigenvalue weighted by Gasteiger charge is 2.42. The molecule has 3 aromatic rings. The van der Waals surface area contributed by atoms with E-state index < -0.39 is 0 Å². The lowest BCUT2D eigenvalue weighted by Crippen LogP contribution is -2.39. The summed E-state index contributed by atoms with van der Waals surface area (Å²) in [6.45, 7) is 19.7. The molecule has 0 spiro atoms. The van der Waals surface area contributed by atoms with Crippen molar-refractivity contribution in [1.82, 2.24) is 14.4 Å². The summed E-state index contributed by atoms with van der Waals surface area (Å²) in [7, 11) is 0. The monoisotopic (exact) mass is 544 g/mol. The third-order valence-corrected chi connectivity index (χ3v) is 9.17. The molecule has 1 aliphatic carbocycles. The molecule has 6 rings (SSSR count). The van der Waals surface area contributed by atoms with Gasteiger partial charge in [-0.1, -0.05) is 32.9 Å². The number of ketones is 1. The maximum absolute atomic E-state index is 14.3. The third-order valence-electron chi connectivity index (χ3n) is 9.17. The number of aromatic nitrogens is 1. The number of rotatable bonds is 8. The van der Waals surface area contributed by atoms with E-state index in [-0.39, 0.29) is 11.2 Å².